The smallest absolute Gasteiger partial charge is 0.0998 e. The van der Waals surface area contributed by atoms with Gasteiger partial charge in [-0.1, -0.05) is 109 Å². The molecule has 3 heteroatoms. The molecule has 4 aliphatic rings. The van der Waals surface area contributed by atoms with E-state index >= 15 is 0 Å². The van der Waals surface area contributed by atoms with Crippen molar-refractivity contribution in [3.05, 3.63) is 161 Å². The van der Waals surface area contributed by atoms with Crippen LogP contribution in [0.15, 0.2) is 127 Å². The second kappa shape index (κ2) is 10.7. The number of hydrogen-bond donors (Lipinski definition) is 0. The molecule has 2 heterocycles. The molecule has 3 nitrogen and oxygen atoms in total. The van der Waals surface area contributed by atoms with E-state index in [1.54, 1.807) is 0 Å². The molecule has 47 heavy (non-hydrogen) atoms. The summed E-state index contributed by atoms with van der Waals surface area (Å²) in [6, 6.07) is 35.1. The van der Waals surface area contributed by atoms with Crippen molar-refractivity contribution in [3.8, 4) is 34.0 Å². The highest BCUT2D eigenvalue weighted by Crippen LogP contribution is 2.53. The van der Waals surface area contributed by atoms with E-state index in [1.165, 1.54) is 39.5 Å². The van der Waals surface area contributed by atoms with Crippen molar-refractivity contribution in [2.24, 2.45) is 0 Å². The van der Waals surface area contributed by atoms with Crippen LogP contribution in [-0.4, -0.2) is 10.1 Å². The molecule has 0 fully saturated rings. The summed E-state index contributed by atoms with van der Waals surface area (Å²) in [4.78, 5) is 2.47. The van der Waals surface area contributed by atoms with Crippen molar-refractivity contribution in [2.45, 2.75) is 44.1 Å². The lowest BCUT2D eigenvalue weighted by atomic mass is 9.80. The highest BCUT2D eigenvalue weighted by atomic mass is 15.2. The number of hydrogen-bond acceptors (Lipinski definition) is 2. The average Bonchev–Trinajstić information content (AvgIpc) is 3.60. The second-order valence-electron chi connectivity index (χ2n) is 13.2. The number of nitrogens with zero attached hydrogens (tertiary/aromatic N) is 3. The zero-order chi connectivity index (χ0) is 31.5. The maximum absolute atomic E-state index is 10.5. The molecule has 5 aromatic rings. The molecule has 1 aliphatic heterocycles. The fourth-order valence-electron chi connectivity index (χ4n) is 8.45. The van der Waals surface area contributed by atoms with Gasteiger partial charge in [0.05, 0.1) is 22.9 Å². The van der Waals surface area contributed by atoms with Crippen molar-refractivity contribution < 1.29 is 0 Å². The maximum Gasteiger partial charge on any atom is 0.0998 e. The molecular formula is C44H35N3. The van der Waals surface area contributed by atoms with E-state index in [-0.39, 0.29) is 5.54 Å². The Balaban J connectivity index is 1.09. The number of para-hydroxylation sites is 2. The summed E-state index contributed by atoms with van der Waals surface area (Å²) in [5.41, 5.74) is 15.2. The Kier molecular flexibility index (Phi) is 6.34. The van der Waals surface area contributed by atoms with Crippen LogP contribution in [0.25, 0.3) is 40.1 Å². The Labute approximate surface area is 276 Å². The molecule has 0 amide bonds. The van der Waals surface area contributed by atoms with E-state index in [4.69, 9.17) is 0 Å². The fourth-order valence-corrected chi connectivity index (χ4v) is 8.45. The van der Waals surface area contributed by atoms with E-state index in [9.17, 15) is 5.26 Å². The van der Waals surface area contributed by atoms with Crippen LogP contribution in [0.3, 0.4) is 0 Å². The minimum absolute atomic E-state index is 0.159. The maximum atomic E-state index is 10.5. The van der Waals surface area contributed by atoms with Crippen molar-refractivity contribution in [3.63, 3.8) is 0 Å². The number of anilines is 2. The van der Waals surface area contributed by atoms with Crippen LogP contribution in [0.5, 0.6) is 0 Å². The Hall–Kier alpha value is -5.59. The summed E-state index contributed by atoms with van der Waals surface area (Å²) < 4.78 is 2.50. The van der Waals surface area contributed by atoms with Crippen molar-refractivity contribution in [1.82, 2.24) is 4.57 Å². The SMILES string of the molecule is CC12C=CC=CC1c1ccccc1N2c1ccc(-c2ccc(-c3ccccc3-n3c4c(c5c3CCC=C5)C=CCC4)c(C#N)c2)cc1. The van der Waals surface area contributed by atoms with Gasteiger partial charge in [-0.2, -0.15) is 5.26 Å². The first kappa shape index (κ1) is 27.7. The first-order valence-electron chi connectivity index (χ1n) is 16.7. The normalized spacial score (nSPS) is 20.0. The Bertz CT molecular complexity index is 2190. The van der Waals surface area contributed by atoms with Crippen LogP contribution < -0.4 is 4.90 Å². The highest BCUT2D eigenvalue weighted by Gasteiger charge is 2.46. The molecular weight excluding hydrogens is 571 g/mol. The third-order valence-electron chi connectivity index (χ3n) is 10.6. The Morgan fingerprint density at radius 2 is 1.40 bits per heavy atom. The molecule has 2 atom stereocenters. The largest absolute Gasteiger partial charge is 0.331 e. The fraction of sp³-hybridized carbons (Fsp3) is 0.159. The molecule has 0 radical (unpaired) electrons. The first-order valence-corrected chi connectivity index (χ1v) is 16.7. The summed E-state index contributed by atoms with van der Waals surface area (Å²) in [6.45, 7) is 2.33. The number of rotatable bonds is 4. The first-order chi connectivity index (χ1) is 23.2. The molecule has 0 bridgehead atoms. The van der Waals surface area contributed by atoms with E-state index < -0.39 is 0 Å². The van der Waals surface area contributed by atoms with Crippen LogP contribution in [-0.2, 0) is 12.8 Å². The summed E-state index contributed by atoms with van der Waals surface area (Å²) in [5.74, 6) is 0.312. The van der Waals surface area contributed by atoms with Crippen LogP contribution >= 0.6 is 0 Å². The standard InChI is InChI=1S/C44H35N3/c1-44-27-11-10-16-39(44)38-15-5-9-20-43(38)47(44)33-24-21-30(22-25-33)31-23-26-34(32(28-31)29-45)35-12-2-6-17-40(35)46-41-18-7-3-13-36(41)37-14-4-8-19-42(37)46/h2-6,9-17,20-28,39H,7-8,18-19H2,1H3. The van der Waals surface area contributed by atoms with E-state index in [0.717, 1.165) is 53.6 Å². The monoisotopic (exact) mass is 605 g/mol. The molecule has 4 aromatic carbocycles. The Morgan fingerprint density at radius 1 is 0.723 bits per heavy atom. The average molecular weight is 606 g/mol. The zero-order valence-corrected chi connectivity index (χ0v) is 26.5. The Morgan fingerprint density at radius 3 is 2.15 bits per heavy atom. The number of aromatic nitrogens is 1. The molecule has 9 rings (SSSR count). The number of allylic oxidation sites excluding steroid dienone is 4. The van der Waals surface area contributed by atoms with E-state index in [1.807, 2.05) is 0 Å². The molecule has 226 valence electrons. The highest BCUT2D eigenvalue weighted by molar-refractivity contribution is 5.84. The summed E-state index contributed by atoms with van der Waals surface area (Å²) in [7, 11) is 0. The van der Waals surface area contributed by atoms with E-state index in [2.05, 4.69) is 162 Å². The van der Waals surface area contributed by atoms with Crippen molar-refractivity contribution >= 4 is 23.5 Å². The quantitative estimate of drug-likeness (QED) is 0.204. The number of fused-ring (bicyclic) bond motifs is 6. The van der Waals surface area contributed by atoms with E-state index in [0.29, 0.717) is 11.5 Å². The molecule has 2 unspecified atom stereocenters. The predicted octanol–water partition coefficient (Wildman–Crippen LogP) is 10.7. The third-order valence-corrected chi connectivity index (χ3v) is 10.6. The molecule has 3 aliphatic carbocycles. The molecule has 0 saturated heterocycles. The topological polar surface area (TPSA) is 32.0 Å². The molecule has 0 saturated carbocycles. The lowest BCUT2D eigenvalue weighted by Gasteiger charge is -2.39. The van der Waals surface area contributed by atoms with Crippen LogP contribution in [0.1, 0.15) is 59.3 Å². The predicted molar refractivity (Wildman–Crippen MR) is 194 cm³/mol. The number of nitriles is 1. The van der Waals surface area contributed by atoms with Crippen molar-refractivity contribution in [1.29, 1.82) is 5.26 Å². The summed E-state index contributed by atoms with van der Waals surface area (Å²) in [5, 5.41) is 10.5. The lowest BCUT2D eigenvalue weighted by molar-refractivity contribution is 0.542. The van der Waals surface area contributed by atoms with Crippen LogP contribution in [0.4, 0.5) is 11.4 Å². The van der Waals surface area contributed by atoms with Gasteiger partial charge in [0, 0.05) is 50.9 Å². The summed E-state index contributed by atoms with van der Waals surface area (Å²) >= 11 is 0. The lowest BCUT2D eigenvalue weighted by Crippen LogP contribution is -2.41. The van der Waals surface area contributed by atoms with Gasteiger partial charge in [0.1, 0.15) is 0 Å². The minimum Gasteiger partial charge on any atom is -0.331 e. The summed E-state index contributed by atoms with van der Waals surface area (Å²) in [6.07, 6.45) is 22.3. The van der Waals surface area contributed by atoms with Crippen LogP contribution in [0, 0.1) is 11.3 Å². The molecule has 1 aromatic heterocycles. The number of benzene rings is 4. The van der Waals surface area contributed by atoms with Gasteiger partial charge in [-0.3, -0.25) is 0 Å². The van der Waals surface area contributed by atoms with Crippen molar-refractivity contribution in [2.75, 3.05) is 4.90 Å². The van der Waals surface area contributed by atoms with Gasteiger partial charge >= 0.3 is 0 Å². The van der Waals surface area contributed by atoms with Gasteiger partial charge in [-0.25, -0.2) is 0 Å². The third kappa shape index (κ3) is 4.18. The van der Waals surface area contributed by atoms with Crippen LogP contribution in [0.2, 0.25) is 0 Å². The van der Waals surface area contributed by atoms with Gasteiger partial charge < -0.3 is 9.47 Å². The minimum atomic E-state index is -0.159. The van der Waals surface area contributed by atoms with Gasteiger partial charge in [-0.15, -0.1) is 0 Å². The second-order valence-corrected chi connectivity index (χ2v) is 13.2. The zero-order valence-electron chi connectivity index (χ0n) is 26.5. The van der Waals surface area contributed by atoms with Gasteiger partial charge in [0.15, 0.2) is 0 Å². The van der Waals surface area contributed by atoms with Gasteiger partial charge in [0.2, 0.25) is 0 Å². The van der Waals surface area contributed by atoms with Gasteiger partial charge in [-0.05, 0) is 79.6 Å². The molecule has 0 spiro atoms. The molecule has 0 N–H and O–H groups in total. The van der Waals surface area contributed by atoms with Gasteiger partial charge in [0.25, 0.3) is 0 Å².